The second-order valence-electron chi connectivity index (χ2n) is 3.82. The van der Waals surface area contributed by atoms with Crippen LogP contribution in [0.25, 0.3) is 0 Å². The minimum Gasteiger partial charge on any atom is -0.398 e. The summed E-state index contributed by atoms with van der Waals surface area (Å²) in [6.45, 7) is 6.00. The number of nitrogens with two attached hydrogens (primary N) is 1. The second kappa shape index (κ2) is 5.35. The van der Waals surface area contributed by atoms with Crippen LogP contribution in [0.4, 0.5) is 5.69 Å². The Hall–Kier alpha value is -1.02. The third-order valence-electron chi connectivity index (χ3n) is 2.79. The van der Waals surface area contributed by atoms with Crippen molar-refractivity contribution >= 4 is 23.5 Å². The van der Waals surface area contributed by atoms with Gasteiger partial charge in [0.2, 0.25) is 0 Å². The summed E-state index contributed by atoms with van der Waals surface area (Å²) >= 11 is 6.14. The lowest BCUT2D eigenvalue weighted by Gasteiger charge is -2.12. The Morgan fingerprint density at radius 3 is 2.44 bits per heavy atom. The van der Waals surface area contributed by atoms with Crippen LogP contribution in [0.5, 0.6) is 0 Å². The monoisotopic (exact) mass is 238 g/mol. The average Bonchev–Trinajstić information content (AvgIpc) is 3.05. The van der Waals surface area contributed by atoms with Crippen molar-refractivity contribution in [2.24, 2.45) is 0 Å². The van der Waals surface area contributed by atoms with Crippen molar-refractivity contribution in [2.75, 3.05) is 5.73 Å². The highest BCUT2D eigenvalue weighted by Crippen LogP contribution is 2.46. The van der Waals surface area contributed by atoms with E-state index in [-0.39, 0.29) is 0 Å². The van der Waals surface area contributed by atoms with Gasteiger partial charge in [-0.1, -0.05) is 25.4 Å². The zero-order valence-electron chi connectivity index (χ0n) is 10.1. The van der Waals surface area contributed by atoms with Crippen LogP contribution in [0.15, 0.2) is 6.07 Å². The van der Waals surface area contributed by atoms with Crippen molar-refractivity contribution in [1.29, 1.82) is 5.41 Å². The van der Waals surface area contributed by atoms with Gasteiger partial charge in [0.25, 0.3) is 0 Å². The first kappa shape index (κ1) is 13.0. The molecule has 0 spiro atoms. The molecule has 16 heavy (non-hydrogen) atoms. The number of anilines is 1. The zero-order valence-corrected chi connectivity index (χ0v) is 10.9. The maximum absolute atomic E-state index is 7.31. The molecule has 0 atom stereocenters. The summed E-state index contributed by atoms with van der Waals surface area (Å²) in [7, 11) is 0. The highest BCUT2D eigenvalue weighted by atomic mass is 35.5. The van der Waals surface area contributed by atoms with Gasteiger partial charge < -0.3 is 11.1 Å². The van der Waals surface area contributed by atoms with E-state index < -0.39 is 0 Å². The number of nitrogens with one attached hydrogen (secondary N) is 1. The summed E-state index contributed by atoms with van der Waals surface area (Å²) in [6, 6.07) is 1.77. The molecule has 88 valence electrons. The fraction of sp³-hybridized carbons (Fsp3) is 0.462. The summed E-state index contributed by atoms with van der Waals surface area (Å²) in [6.07, 6.45) is 3.73. The van der Waals surface area contributed by atoms with E-state index in [1.165, 1.54) is 24.6 Å². The van der Waals surface area contributed by atoms with Crippen LogP contribution < -0.4 is 5.73 Å². The third-order valence-corrected chi connectivity index (χ3v) is 3.10. The standard InChI is InChI=1S/C11H13ClN2.C2H6/c1-6-8(5-13)10(14)4-9(12)11(6)7-2-3-7;1-2/h4-5,7,13H,2-3,14H2,1H3;1-2H3. The SMILES string of the molecule is CC.Cc1c(C=N)c(N)cc(Cl)c1C1CC1. The van der Waals surface area contributed by atoms with E-state index in [9.17, 15) is 0 Å². The van der Waals surface area contributed by atoms with E-state index in [0.717, 1.165) is 16.1 Å². The molecule has 1 fully saturated rings. The normalized spacial score (nSPS) is 14.0. The molecule has 2 nitrogen and oxygen atoms in total. The van der Waals surface area contributed by atoms with Crippen molar-refractivity contribution in [3.05, 3.63) is 27.8 Å². The van der Waals surface area contributed by atoms with Crippen LogP contribution in [-0.2, 0) is 0 Å². The third kappa shape index (κ3) is 2.38. The number of nitrogen functional groups attached to an aromatic ring is 1. The fourth-order valence-electron chi connectivity index (χ4n) is 1.90. The molecule has 0 bridgehead atoms. The van der Waals surface area contributed by atoms with Crippen LogP contribution in [-0.4, -0.2) is 6.21 Å². The molecule has 0 radical (unpaired) electrons. The van der Waals surface area contributed by atoms with Crippen LogP contribution in [0.2, 0.25) is 5.02 Å². The van der Waals surface area contributed by atoms with Crippen LogP contribution in [0, 0.1) is 12.3 Å². The molecule has 3 N–H and O–H groups in total. The smallest absolute Gasteiger partial charge is 0.0464 e. The van der Waals surface area contributed by atoms with Gasteiger partial charge in [0, 0.05) is 22.5 Å². The van der Waals surface area contributed by atoms with E-state index in [1.807, 2.05) is 20.8 Å². The van der Waals surface area contributed by atoms with Crippen LogP contribution >= 0.6 is 11.6 Å². The molecule has 1 aliphatic carbocycles. The van der Waals surface area contributed by atoms with E-state index in [2.05, 4.69) is 0 Å². The number of halogens is 1. The number of rotatable bonds is 2. The summed E-state index contributed by atoms with van der Waals surface area (Å²) in [4.78, 5) is 0. The molecule has 0 saturated heterocycles. The minimum atomic E-state index is 0.599. The van der Waals surface area contributed by atoms with Gasteiger partial charge in [0.15, 0.2) is 0 Å². The van der Waals surface area contributed by atoms with Crippen molar-refractivity contribution in [3.8, 4) is 0 Å². The van der Waals surface area contributed by atoms with E-state index in [0.29, 0.717) is 11.6 Å². The highest BCUT2D eigenvalue weighted by molar-refractivity contribution is 6.32. The molecule has 0 amide bonds. The number of benzene rings is 1. The molecule has 1 aromatic rings. The van der Waals surface area contributed by atoms with Gasteiger partial charge in [-0.05, 0) is 42.9 Å². The zero-order chi connectivity index (χ0) is 12.3. The molecule has 0 aliphatic heterocycles. The Balaban J connectivity index is 0.000000606. The second-order valence-corrected chi connectivity index (χ2v) is 4.23. The van der Waals surface area contributed by atoms with Crippen LogP contribution in [0.1, 0.15) is 49.3 Å². The summed E-state index contributed by atoms with van der Waals surface area (Å²) in [5.41, 5.74) is 9.48. The minimum absolute atomic E-state index is 0.599. The van der Waals surface area contributed by atoms with Gasteiger partial charge in [-0.3, -0.25) is 0 Å². The van der Waals surface area contributed by atoms with Gasteiger partial charge in [0.1, 0.15) is 0 Å². The molecule has 0 aromatic heterocycles. The van der Waals surface area contributed by atoms with Gasteiger partial charge >= 0.3 is 0 Å². The predicted octanol–water partition coefficient (Wildman–Crippen LogP) is 4.13. The maximum atomic E-state index is 7.31. The van der Waals surface area contributed by atoms with E-state index in [1.54, 1.807) is 6.07 Å². The largest absolute Gasteiger partial charge is 0.398 e. The van der Waals surface area contributed by atoms with Gasteiger partial charge in [-0.15, -0.1) is 0 Å². The Kier molecular flexibility index (Phi) is 4.36. The lowest BCUT2D eigenvalue weighted by molar-refractivity contribution is 1.10. The molecule has 1 aliphatic rings. The number of hydrogen-bond donors (Lipinski definition) is 2. The molecule has 2 rings (SSSR count). The first-order chi connectivity index (χ1) is 7.65. The van der Waals surface area contributed by atoms with Crippen molar-refractivity contribution in [3.63, 3.8) is 0 Å². The molecular formula is C13H19ClN2. The highest BCUT2D eigenvalue weighted by Gasteiger charge is 2.28. The van der Waals surface area contributed by atoms with Gasteiger partial charge in [-0.2, -0.15) is 0 Å². The molecule has 0 heterocycles. The van der Waals surface area contributed by atoms with E-state index in [4.69, 9.17) is 22.7 Å². The van der Waals surface area contributed by atoms with Crippen molar-refractivity contribution in [1.82, 2.24) is 0 Å². The first-order valence-corrected chi connectivity index (χ1v) is 6.12. The molecule has 0 unspecified atom stereocenters. The van der Waals surface area contributed by atoms with Crippen LogP contribution in [0.3, 0.4) is 0 Å². The van der Waals surface area contributed by atoms with E-state index >= 15 is 0 Å². The number of hydrogen-bond acceptors (Lipinski definition) is 2. The summed E-state index contributed by atoms with van der Waals surface area (Å²) in [5.74, 6) is 0.599. The summed E-state index contributed by atoms with van der Waals surface area (Å²) < 4.78 is 0. The Morgan fingerprint density at radius 1 is 1.44 bits per heavy atom. The average molecular weight is 239 g/mol. The molecular weight excluding hydrogens is 220 g/mol. The van der Waals surface area contributed by atoms with Gasteiger partial charge in [0.05, 0.1) is 0 Å². The Bertz CT molecular complexity index is 395. The molecule has 3 heteroatoms. The Labute approximate surface area is 102 Å². The quantitative estimate of drug-likeness (QED) is 0.591. The summed E-state index contributed by atoms with van der Waals surface area (Å²) in [5, 5.41) is 8.06. The lowest BCUT2D eigenvalue weighted by Crippen LogP contribution is -2.00. The topological polar surface area (TPSA) is 49.9 Å². The van der Waals surface area contributed by atoms with Gasteiger partial charge in [-0.25, -0.2) is 0 Å². The van der Waals surface area contributed by atoms with Crippen molar-refractivity contribution < 1.29 is 0 Å². The lowest BCUT2D eigenvalue weighted by atomic mass is 9.98. The maximum Gasteiger partial charge on any atom is 0.0464 e. The fourth-order valence-corrected chi connectivity index (χ4v) is 2.31. The first-order valence-electron chi connectivity index (χ1n) is 5.74. The Morgan fingerprint density at radius 2 is 2.00 bits per heavy atom. The predicted molar refractivity (Wildman–Crippen MR) is 71.8 cm³/mol. The molecule has 1 saturated carbocycles. The van der Waals surface area contributed by atoms with Crippen molar-refractivity contribution in [2.45, 2.75) is 39.5 Å². The molecule has 1 aromatic carbocycles.